The highest BCUT2D eigenvalue weighted by Gasteiger charge is 1.47. The van der Waals surface area contributed by atoms with E-state index in [1.165, 1.54) is 7.11 Å². The zero-order chi connectivity index (χ0) is 4.12. The van der Waals surface area contributed by atoms with Crippen LogP contribution in [0.2, 0.25) is 0 Å². The van der Waals surface area contributed by atoms with E-state index in [2.05, 4.69) is 15.7 Å². The van der Waals surface area contributed by atoms with E-state index in [1.807, 2.05) is 0 Å². The quantitative estimate of drug-likeness (QED) is 0.198. The summed E-state index contributed by atoms with van der Waals surface area (Å²) >= 11 is 0. The zero-order valence-electron chi connectivity index (χ0n) is 3.01. The van der Waals surface area contributed by atoms with Gasteiger partial charge < -0.3 is 10.6 Å². The minimum atomic E-state index is 1.15. The molecule has 0 unspecified atom stereocenters. The Balaban J connectivity index is 2.62. The first kappa shape index (κ1) is 4.27. The number of ether oxygens (including phenoxy) is 1. The van der Waals surface area contributed by atoms with Gasteiger partial charge in [-0.1, -0.05) is 0 Å². The maximum Gasteiger partial charge on any atom is 0.191 e. The fourth-order valence-corrected chi connectivity index (χ4v) is 0.0609. The maximum atomic E-state index is 4.58. The number of hydrogen-bond acceptors (Lipinski definition) is 3. The molecule has 0 bridgehead atoms. The summed E-state index contributed by atoms with van der Waals surface area (Å²) in [5.41, 5.74) is 0. The van der Waals surface area contributed by atoms with Crippen LogP contribution in [0.15, 0.2) is 5.10 Å². The van der Waals surface area contributed by atoms with Gasteiger partial charge in [0.15, 0.2) is 6.40 Å². The number of rotatable bonds is 1. The third kappa shape index (κ3) is 3.27. The van der Waals surface area contributed by atoms with Crippen LogP contribution in [0.5, 0.6) is 0 Å². The maximum absolute atomic E-state index is 4.58. The minimum absolute atomic E-state index is 1.15. The average molecular weight is 74.1 g/mol. The average Bonchev–Trinajstić information content (AvgIpc) is 1.41. The molecule has 5 heavy (non-hydrogen) atoms. The van der Waals surface area contributed by atoms with E-state index >= 15 is 0 Å². The van der Waals surface area contributed by atoms with Gasteiger partial charge in [0.1, 0.15) is 0 Å². The van der Waals surface area contributed by atoms with E-state index in [9.17, 15) is 0 Å². The van der Waals surface area contributed by atoms with Crippen LogP contribution < -0.4 is 5.84 Å². The van der Waals surface area contributed by atoms with E-state index in [-0.39, 0.29) is 0 Å². The number of hydrogen-bond donors (Lipinski definition) is 1. The lowest BCUT2D eigenvalue weighted by atomic mass is 11.4. The Morgan fingerprint density at radius 1 is 2.00 bits per heavy atom. The van der Waals surface area contributed by atoms with Crippen molar-refractivity contribution in [2.75, 3.05) is 7.11 Å². The van der Waals surface area contributed by atoms with Crippen molar-refractivity contribution in [2.45, 2.75) is 0 Å². The highest BCUT2D eigenvalue weighted by atomic mass is 16.5. The third-order valence-corrected chi connectivity index (χ3v) is 0.166. The first-order valence-electron chi connectivity index (χ1n) is 1.16. The van der Waals surface area contributed by atoms with Crippen LogP contribution >= 0.6 is 0 Å². The summed E-state index contributed by atoms with van der Waals surface area (Å²) in [7, 11) is 1.48. The molecule has 30 valence electrons. The largest absolute Gasteiger partial charge is 0.485 e. The molecule has 0 amide bonds. The van der Waals surface area contributed by atoms with Gasteiger partial charge in [-0.05, 0) is 0 Å². The highest BCUT2D eigenvalue weighted by Crippen LogP contribution is 1.44. The highest BCUT2D eigenvalue weighted by molar-refractivity contribution is 5.44. The Labute approximate surface area is 30.4 Å². The smallest absolute Gasteiger partial charge is 0.191 e. The van der Waals surface area contributed by atoms with Crippen LogP contribution in [-0.4, -0.2) is 13.5 Å². The van der Waals surface area contributed by atoms with Gasteiger partial charge in [-0.15, -0.1) is 0 Å². The van der Waals surface area contributed by atoms with Crippen molar-refractivity contribution >= 4 is 6.40 Å². The summed E-state index contributed by atoms with van der Waals surface area (Å²) in [4.78, 5) is 0. The monoisotopic (exact) mass is 74.0 g/mol. The number of methoxy groups -OCH3 is 1. The fraction of sp³-hybridized carbons (Fsp3) is 0.500. The summed E-state index contributed by atoms with van der Waals surface area (Å²) < 4.78 is 4.27. The minimum Gasteiger partial charge on any atom is -0.485 e. The summed E-state index contributed by atoms with van der Waals surface area (Å²) in [6.45, 7) is 0. The first-order chi connectivity index (χ1) is 2.41. The molecule has 3 nitrogen and oxygen atoms in total. The van der Waals surface area contributed by atoms with Crippen LogP contribution in [0, 0.1) is 0 Å². The molecule has 0 radical (unpaired) electrons. The molecule has 0 saturated heterocycles. The van der Waals surface area contributed by atoms with Crippen LogP contribution in [0.1, 0.15) is 0 Å². The normalized spacial score (nSPS) is 9.00. The molecule has 0 aliphatic rings. The second kappa shape index (κ2) is 3.27. The fourth-order valence-electron chi connectivity index (χ4n) is 0.0609. The lowest BCUT2D eigenvalue weighted by molar-refractivity contribution is 0.421. The van der Waals surface area contributed by atoms with E-state index in [1.54, 1.807) is 0 Å². The predicted molar refractivity (Wildman–Crippen MR) is 19.7 cm³/mol. The van der Waals surface area contributed by atoms with Crippen molar-refractivity contribution in [2.24, 2.45) is 10.9 Å². The molecule has 0 heterocycles. The molecule has 0 fully saturated rings. The lowest BCUT2D eigenvalue weighted by Crippen LogP contribution is -1.82. The second-order valence-corrected chi connectivity index (χ2v) is 0.490. The Morgan fingerprint density at radius 3 is 2.60 bits per heavy atom. The first-order valence-corrected chi connectivity index (χ1v) is 1.16. The van der Waals surface area contributed by atoms with Gasteiger partial charge in [-0.3, -0.25) is 0 Å². The molecular weight excluding hydrogens is 68.0 g/mol. The molecule has 3 heteroatoms. The van der Waals surface area contributed by atoms with Crippen molar-refractivity contribution < 1.29 is 4.74 Å². The lowest BCUT2D eigenvalue weighted by Gasteiger charge is -1.75. The molecule has 0 saturated carbocycles. The van der Waals surface area contributed by atoms with Gasteiger partial charge in [0.25, 0.3) is 0 Å². The molecule has 0 aromatic carbocycles. The summed E-state index contributed by atoms with van der Waals surface area (Å²) in [6.07, 6.45) is 1.15. The Morgan fingerprint density at radius 2 is 2.60 bits per heavy atom. The van der Waals surface area contributed by atoms with Crippen molar-refractivity contribution in [3.63, 3.8) is 0 Å². The predicted octanol–water partition coefficient (Wildman–Crippen LogP) is -0.465. The van der Waals surface area contributed by atoms with Gasteiger partial charge in [-0.25, -0.2) is 0 Å². The van der Waals surface area contributed by atoms with Crippen molar-refractivity contribution in [1.29, 1.82) is 0 Å². The van der Waals surface area contributed by atoms with Gasteiger partial charge >= 0.3 is 0 Å². The molecule has 2 N–H and O–H groups in total. The molecule has 0 aromatic rings. The number of hydrazone groups is 1. The summed E-state index contributed by atoms with van der Waals surface area (Å²) in [5.74, 6) is 4.58. The van der Waals surface area contributed by atoms with E-state index < -0.39 is 0 Å². The van der Waals surface area contributed by atoms with Crippen LogP contribution in [0.3, 0.4) is 0 Å². The molecule has 0 aliphatic heterocycles. The van der Waals surface area contributed by atoms with E-state index in [0.717, 1.165) is 6.40 Å². The Kier molecular flexibility index (Phi) is 2.79. The number of nitrogens with two attached hydrogens (primary N) is 1. The van der Waals surface area contributed by atoms with E-state index in [0.29, 0.717) is 0 Å². The van der Waals surface area contributed by atoms with Gasteiger partial charge in [0.05, 0.1) is 7.11 Å². The molecule has 0 atom stereocenters. The second-order valence-electron chi connectivity index (χ2n) is 0.490. The zero-order valence-corrected chi connectivity index (χ0v) is 3.01. The molecule has 0 aromatic heterocycles. The van der Waals surface area contributed by atoms with Crippen LogP contribution in [-0.2, 0) is 4.74 Å². The Bertz CT molecular complexity index is 34.6. The summed E-state index contributed by atoms with van der Waals surface area (Å²) in [5, 5.41) is 3.01. The Hall–Kier alpha value is -0.730. The topological polar surface area (TPSA) is 47.6 Å². The van der Waals surface area contributed by atoms with Gasteiger partial charge in [-0.2, -0.15) is 5.10 Å². The number of nitrogens with zero attached hydrogens (tertiary/aromatic N) is 1. The SMILES string of the molecule is CO/C=N\N. The summed E-state index contributed by atoms with van der Waals surface area (Å²) in [6, 6.07) is 0. The molecule has 0 rings (SSSR count). The molecule has 0 aliphatic carbocycles. The van der Waals surface area contributed by atoms with Crippen molar-refractivity contribution in [1.82, 2.24) is 0 Å². The van der Waals surface area contributed by atoms with Gasteiger partial charge in [0, 0.05) is 0 Å². The standard InChI is InChI=1S/C2H6N2O/c1-5-2-4-3/h2H,3H2,1H3/b4-2-. The van der Waals surface area contributed by atoms with Crippen LogP contribution in [0.25, 0.3) is 0 Å². The van der Waals surface area contributed by atoms with E-state index in [4.69, 9.17) is 0 Å². The third-order valence-electron chi connectivity index (χ3n) is 0.166. The molecule has 0 spiro atoms. The van der Waals surface area contributed by atoms with Crippen LogP contribution in [0.4, 0.5) is 0 Å². The van der Waals surface area contributed by atoms with Crippen molar-refractivity contribution in [3.05, 3.63) is 0 Å². The van der Waals surface area contributed by atoms with Gasteiger partial charge in [0.2, 0.25) is 0 Å². The molecular formula is C2H6N2O. The van der Waals surface area contributed by atoms with Crippen molar-refractivity contribution in [3.8, 4) is 0 Å².